The number of carboxylic acids is 1. The molecule has 1 aliphatic carbocycles. The third-order valence-electron chi connectivity index (χ3n) is 4.40. The fourth-order valence-corrected chi connectivity index (χ4v) is 3.12. The molecule has 0 bridgehead atoms. The number of aromatic nitrogens is 1. The number of hydrogen-bond acceptors (Lipinski definition) is 4. The third-order valence-corrected chi connectivity index (χ3v) is 4.40. The quantitative estimate of drug-likeness (QED) is 0.863. The van der Waals surface area contributed by atoms with Gasteiger partial charge in [-0.1, -0.05) is 33.3 Å². The lowest BCUT2D eigenvalue weighted by atomic mass is 9.75. The van der Waals surface area contributed by atoms with Gasteiger partial charge in [0.1, 0.15) is 17.5 Å². The Labute approximate surface area is 130 Å². The monoisotopic (exact) mass is 305 g/mol. The molecule has 1 N–H and O–H groups in total. The van der Waals surface area contributed by atoms with Gasteiger partial charge in [0.25, 0.3) is 0 Å². The summed E-state index contributed by atoms with van der Waals surface area (Å²) in [5.41, 5.74) is -0.0903. The third kappa shape index (κ3) is 3.84. The van der Waals surface area contributed by atoms with E-state index in [1.54, 1.807) is 0 Å². The minimum atomic E-state index is -1.15. The van der Waals surface area contributed by atoms with Crippen molar-refractivity contribution in [2.75, 3.05) is 0 Å². The molecule has 0 amide bonds. The Hall–Kier alpha value is -1.91. The summed E-state index contributed by atoms with van der Waals surface area (Å²) in [6.07, 6.45) is 2.95. The van der Waals surface area contributed by atoms with E-state index in [0.717, 1.165) is 19.3 Å². The molecule has 1 saturated carbocycles. The summed E-state index contributed by atoms with van der Waals surface area (Å²) in [5, 5.41) is 8.95. The van der Waals surface area contributed by atoms with Crippen molar-refractivity contribution in [2.24, 2.45) is 17.8 Å². The van der Waals surface area contributed by atoms with Crippen LogP contribution in [0.4, 0.5) is 0 Å². The zero-order valence-electron chi connectivity index (χ0n) is 13.3. The van der Waals surface area contributed by atoms with Crippen molar-refractivity contribution >= 4 is 11.9 Å². The van der Waals surface area contributed by atoms with E-state index in [1.165, 1.54) is 18.2 Å². The van der Waals surface area contributed by atoms with Gasteiger partial charge >= 0.3 is 11.9 Å². The highest BCUT2D eigenvalue weighted by atomic mass is 16.5. The minimum absolute atomic E-state index is 0.0561. The molecule has 5 nitrogen and oxygen atoms in total. The summed E-state index contributed by atoms with van der Waals surface area (Å²) in [6.45, 7) is 6.45. The average molecular weight is 305 g/mol. The molecule has 120 valence electrons. The first kappa shape index (κ1) is 16.5. The van der Waals surface area contributed by atoms with Gasteiger partial charge in [0.2, 0.25) is 0 Å². The Morgan fingerprint density at radius 3 is 2.59 bits per heavy atom. The number of rotatable bonds is 4. The molecule has 3 atom stereocenters. The van der Waals surface area contributed by atoms with E-state index >= 15 is 0 Å². The highest BCUT2D eigenvalue weighted by Gasteiger charge is 2.33. The van der Waals surface area contributed by atoms with Gasteiger partial charge in [0.15, 0.2) is 0 Å². The van der Waals surface area contributed by atoms with E-state index in [4.69, 9.17) is 9.84 Å². The minimum Gasteiger partial charge on any atom is -0.477 e. The molecule has 22 heavy (non-hydrogen) atoms. The zero-order valence-corrected chi connectivity index (χ0v) is 13.3. The van der Waals surface area contributed by atoms with E-state index in [0.29, 0.717) is 17.8 Å². The van der Waals surface area contributed by atoms with Crippen LogP contribution < -0.4 is 0 Å². The molecule has 0 unspecified atom stereocenters. The normalized spacial score (nSPS) is 25.0. The number of carboxylic acid groups (broad SMARTS) is 1. The molecule has 5 heteroatoms. The molecule has 0 spiro atoms. The summed E-state index contributed by atoms with van der Waals surface area (Å²) in [6, 6.07) is 4.36. The maximum atomic E-state index is 12.3. The largest absolute Gasteiger partial charge is 0.477 e. The smallest absolute Gasteiger partial charge is 0.357 e. The van der Waals surface area contributed by atoms with Crippen LogP contribution in [0.1, 0.15) is 61.0 Å². The first-order chi connectivity index (χ1) is 10.4. The van der Waals surface area contributed by atoms with Crippen molar-refractivity contribution in [3.63, 3.8) is 0 Å². The number of pyridine rings is 1. The first-order valence-corrected chi connectivity index (χ1v) is 7.79. The maximum absolute atomic E-state index is 12.3. The number of ether oxygens (including phenoxy) is 1. The summed E-state index contributed by atoms with van der Waals surface area (Å²) in [5.74, 6) is -0.355. The van der Waals surface area contributed by atoms with Crippen molar-refractivity contribution in [3.05, 3.63) is 29.6 Å². The SMILES string of the molecule is CC(C)[C@@H]1CC[C@H](C)C[C@H]1OC(=O)c1cccc(C(=O)O)n1. The number of nitrogens with zero attached hydrogens (tertiary/aromatic N) is 1. The van der Waals surface area contributed by atoms with Gasteiger partial charge in [-0.2, -0.15) is 0 Å². The number of carbonyl (C=O) groups is 2. The number of hydrogen-bond donors (Lipinski definition) is 1. The Balaban J connectivity index is 2.12. The van der Waals surface area contributed by atoms with Crippen molar-refractivity contribution in [1.82, 2.24) is 4.98 Å². The highest BCUT2D eigenvalue weighted by molar-refractivity contribution is 5.90. The van der Waals surface area contributed by atoms with Crippen LogP contribution in [-0.2, 0) is 4.74 Å². The molecule has 1 aromatic heterocycles. The molecular formula is C17H23NO4. The Bertz CT molecular complexity index is 555. The van der Waals surface area contributed by atoms with Crippen molar-refractivity contribution in [1.29, 1.82) is 0 Å². The van der Waals surface area contributed by atoms with Gasteiger partial charge in [-0.15, -0.1) is 0 Å². The first-order valence-electron chi connectivity index (χ1n) is 7.79. The molecule has 0 radical (unpaired) electrons. The summed E-state index contributed by atoms with van der Waals surface area (Å²) < 4.78 is 5.66. The van der Waals surface area contributed by atoms with E-state index < -0.39 is 11.9 Å². The van der Waals surface area contributed by atoms with Crippen LogP contribution in [0.2, 0.25) is 0 Å². The molecule has 0 aliphatic heterocycles. The standard InChI is InChI=1S/C17H23NO4/c1-10(2)12-8-7-11(3)9-15(12)22-17(21)14-6-4-5-13(18-14)16(19)20/h4-6,10-12,15H,7-9H2,1-3H3,(H,19,20)/t11-,12-,15+/m0/s1. The van der Waals surface area contributed by atoms with Crippen LogP contribution in [0.5, 0.6) is 0 Å². The summed E-state index contributed by atoms with van der Waals surface area (Å²) >= 11 is 0. The predicted octanol–water partition coefficient (Wildman–Crippen LogP) is 3.40. The second-order valence-corrected chi connectivity index (χ2v) is 6.48. The van der Waals surface area contributed by atoms with Gasteiger partial charge in [-0.25, -0.2) is 14.6 Å². The Morgan fingerprint density at radius 1 is 1.27 bits per heavy atom. The lowest BCUT2D eigenvalue weighted by molar-refractivity contribution is -0.0179. The van der Waals surface area contributed by atoms with E-state index in [9.17, 15) is 9.59 Å². The maximum Gasteiger partial charge on any atom is 0.357 e. The van der Waals surface area contributed by atoms with Crippen LogP contribution >= 0.6 is 0 Å². The van der Waals surface area contributed by atoms with Crippen LogP contribution in [0, 0.1) is 17.8 Å². The molecule has 1 aliphatic rings. The molecule has 2 rings (SSSR count). The number of carbonyl (C=O) groups excluding carboxylic acids is 1. The number of aromatic carboxylic acids is 1. The van der Waals surface area contributed by atoms with Gasteiger partial charge in [-0.05, 0) is 42.7 Å². The molecule has 0 aromatic carbocycles. The Morgan fingerprint density at radius 2 is 1.95 bits per heavy atom. The second kappa shape index (κ2) is 6.90. The van der Waals surface area contributed by atoms with Gasteiger partial charge in [0.05, 0.1) is 0 Å². The van der Waals surface area contributed by atoms with Crippen molar-refractivity contribution in [3.8, 4) is 0 Å². The average Bonchev–Trinajstić information content (AvgIpc) is 2.47. The molecule has 0 saturated heterocycles. The predicted molar refractivity (Wildman–Crippen MR) is 81.7 cm³/mol. The fourth-order valence-electron chi connectivity index (χ4n) is 3.12. The highest BCUT2D eigenvalue weighted by Crippen LogP contribution is 2.35. The van der Waals surface area contributed by atoms with Gasteiger partial charge in [0, 0.05) is 0 Å². The van der Waals surface area contributed by atoms with Crippen LogP contribution in [-0.4, -0.2) is 28.1 Å². The molecular weight excluding hydrogens is 282 g/mol. The summed E-state index contributed by atoms with van der Waals surface area (Å²) in [4.78, 5) is 27.1. The van der Waals surface area contributed by atoms with Gasteiger partial charge in [-0.3, -0.25) is 0 Å². The lowest BCUT2D eigenvalue weighted by Crippen LogP contribution is -2.36. The molecule has 1 aromatic rings. The summed E-state index contributed by atoms with van der Waals surface area (Å²) in [7, 11) is 0. The van der Waals surface area contributed by atoms with E-state index in [-0.39, 0.29) is 17.5 Å². The van der Waals surface area contributed by atoms with Crippen LogP contribution in [0.15, 0.2) is 18.2 Å². The topological polar surface area (TPSA) is 76.5 Å². The van der Waals surface area contributed by atoms with Crippen LogP contribution in [0.3, 0.4) is 0 Å². The Kier molecular flexibility index (Phi) is 5.16. The van der Waals surface area contributed by atoms with Crippen LogP contribution in [0.25, 0.3) is 0 Å². The fraction of sp³-hybridized carbons (Fsp3) is 0.588. The van der Waals surface area contributed by atoms with Crippen molar-refractivity contribution < 1.29 is 19.4 Å². The van der Waals surface area contributed by atoms with E-state index in [2.05, 4.69) is 25.8 Å². The molecule has 1 fully saturated rings. The second-order valence-electron chi connectivity index (χ2n) is 6.48. The van der Waals surface area contributed by atoms with Gasteiger partial charge < -0.3 is 9.84 Å². The van der Waals surface area contributed by atoms with Crippen molar-refractivity contribution in [2.45, 2.75) is 46.1 Å². The van der Waals surface area contributed by atoms with E-state index in [1.807, 2.05) is 0 Å². The number of esters is 1. The lowest BCUT2D eigenvalue weighted by Gasteiger charge is -2.36. The zero-order chi connectivity index (χ0) is 16.3. The molecule has 1 heterocycles.